The minimum Gasteiger partial charge on any atom is -0.490 e. The van der Waals surface area contributed by atoms with Crippen LogP contribution in [-0.2, 0) is 28.6 Å². The second-order valence-corrected chi connectivity index (χ2v) is 12.8. The molecule has 1 heterocycles. The van der Waals surface area contributed by atoms with Crippen molar-refractivity contribution in [2.24, 2.45) is 11.3 Å². The lowest BCUT2D eigenvalue weighted by molar-refractivity contribution is -0.151. The summed E-state index contributed by atoms with van der Waals surface area (Å²) in [6.07, 6.45) is 15.2. The molecule has 1 aliphatic heterocycles. The van der Waals surface area contributed by atoms with Crippen LogP contribution < -0.4 is 16.0 Å². The summed E-state index contributed by atoms with van der Waals surface area (Å²) < 4.78 is 15.9. The Balaban J connectivity index is 2.73. The maximum Gasteiger partial charge on any atom is 0.407 e. The minimum atomic E-state index is -0.817. The zero-order valence-corrected chi connectivity index (χ0v) is 28.7. The zero-order valence-electron chi connectivity index (χ0n) is 27.9. The van der Waals surface area contributed by atoms with E-state index in [0.29, 0.717) is 24.3 Å². The van der Waals surface area contributed by atoms with Crippen molar-refractivity contribution in [1.82, 2.24) is 16.0 Å². The number of hydrogen-bond acceptors (Lipinski definition) is 7. The minimum absolute atomic E-state index is 0.0184. The highest BCUT2D eigenvalue weighted by Gasteiger charge is 2.32. The van der Waals surface area contributed by atoms with Gasteiger partial charge in [0.05, 0.1) is 7.11 Å². The van der Waals surface area contributed by atoms with Crippen molar-refractivity contribution in [2.45, 2.75) is 98.9 Å². The molecule has 0 aromatic rings. The van der Waals surface area contributed by atoms with Crippen LogP contribution in [0.15, 0.2) is 71.2 Å². The summed E-state index contributed by atoms with van der Waals surface area (Å²) in [5, 5.41) is 8.76. The standard InChI is InChI=1S/C34H50ClN3O7/c1-22(2)37-33(42)44-26(17-16-25(5)35)14-12-20-36-31(40)30(34(6,7)8)38-29(39)15-11-10-13-23(3)21-24(4)27-18-19-28(43-9)32(41)45-27/h10-13,15-16,19-22,24,26-27,30H,14,17-18H2,1-9H3,(H,36,40)(H,37,42)(H,38,39)/b13-10-,15-11-,20-12-,23-21+,25-16+/t24-,26-,27-,30+/m0/s1. The van der Waals surface area contributed by atoms with E-state index >= 15 is 0 Å². The van der Waals surface area contributed by atoms with Gasteiger partial charge in [-0.3, -0.25) is 9.59 Å². The van der Waals surface area contributed by atoms with Crippen LogP contribution in [-0.4, -0.2) is 55.3 Å². The third-order valence-corrected chi connectivity index (χ3v) is 6.70. The highest BCUT2D eigenvalue weighted by molar-refractivity contribution is 6.29. The SMILES string of the molecule is COC1=CC[C@@H]([C@@H](C)/C=C(C)/C=C\C=C/C(=O)N[C@H](C(=O)N/C=C\C[C@@H](C/C=C(\C)Cl)OC(=O)NC(C)C)C(C)(C)C)OC1=O. The van der Waals surface area contributed by atoms with Crippen molar-refractivity contribution >= 4 is 35.5 Å². The van der Waals surface area contributed by atoms with Gasteiger partial charge in [-0.2, -0.15) is 0 Å². The Morgan fingerprint density at radius 2 is 1.76 bits per heavy atom. The van der Waals surface area contributed by atoms with E-state index < -0.39 is 35.5 Å². The molecular weight excluding hydrogens is 598 g/mol. The molecular formula is C34H50ClN3O7. The molecule has 3 N–H and O–H groups in total. The molecule has 0 saturated carbocycles. The number of allylic oxidation sites excluding steroid dienone is 5. The number of hydrogen-bond donors (Lipinski definition) is 3. The molecule has 45 heavy (non-hydrogen) atoms. The Hall–Kier alpha value is -3.79. The van der Waals surface area contributed by atoms with Crippen molar-refractivity contribution in [3.63, 3.8) is 0 Å². The van der Waals surface area contributed by atoms with Crippen LogP contribution in [0.1, 0.15) is 74.7 Å². The predicted molar refractivity (Wildman–Crippen MR) is 177 cm³/mol. The van der Waals surface area contributed by atoms with Gasteiger partial charge in [-0.1, -0.05) is 81.3 Å². The van der Waals surface area contributed by atoms with Crippen LogP contribution in [0.4, 0.5) is 4.79 Å². The van der Waals surface area contributed by atoms with Crippen LogP contribution in [0.25, 0.3) is 0 Å². The van der Waals surface area contributed by atoms with Crippen LogP contribution in [0.5, 0.6) is 0 Å². The molecule has 0 spiro atoms. The number of halogens is 1. The van der Waals surface area contributed by atoms with Crippen molar-refractivity contribution in [3.8, 4) is 0 Å². The summed E-state index contributed by atoms with van der Waals surface area (Å²) in [5.74, 6) is -1.07. The molecule has 1 rings (SSSR count). The van der Waals surface area contributed by atoms with Gasteiger partial charge in [0.15, 0.2) is 5.76 Å². The normalized spacial score (nSPS) is 18.4. The maximum absolute atomic E-state index is 13.0. The second-order valence-electron chi connectivity index (χ2n) is 12.2. The van der Waals surface area contributed by atoms with Gasteiger partial charge in [0.1, 0.15) is 18.2 Å². The molecule has 0 saturated heterocycles. The van der Waals surface area contributed by atoms with Crippen molar-refractivity contribution in [3.05, 3.63) is 71.2 Å². The van der Waals surface area contributed by atoms with E-state index in [2.05, 4.69) is 16.0 Å². The van der Waals surface area contributed by atoms with Crippen molar-refractivity contribution in [1.29, 1.82) is 0 Å². The quantitative estimate of drug-likeness (QED) is 0.111. The number of alkyl carbamates (subject to hydrolysis) is 1. The van der Waals surface area contributed by atoms with Gasteiger partial charge < -0.3 is 30.2 Å². The molecule has 11 heteroatoms. The Kier molecular flexibility index (Phi) is 17.1. The molecule has 0 aromatic heterocycles. The summed E-state index contributed by atoms with van der Waals surface area (Å²) in [6.45, 7) is 14.9. The number of ether oxygens (including phenoxy) is 3. The Morgan fingerprint density at radius 3 is 2.33 bits per heavy atom. The average Bonchev–Trinajstić information content (AvgIpc) is 2.93. The average molecular weight is 648 g/mol. The molecule has 0 unspecified atom stereocenters. The highest BCUT2D eigenvalue weighted by atomic mass is 35.5. The lowest BCUT2D eigenvalue weighted by Gasteiger charge is -2.29. The van der Waals surface area contributed by atoms with E-state index in [9.17, 15) is 19.2 Å². The first-order valence-corrected chi connectivity index (χ1v) is 15.4. The fourth-order valence-electron chi connectivity index (χ4n) is 4.18. The molecule has 3 amide bonds. The largest absolute Gasteiger partial charge is 0.490 e. The van der Waals surface area contributed by atoms with Crippen LogP contribution >= 0.6 is 11.6 Å². The van der Waals surface area contributed by atoms with Gasteiger partial charge in [0, 0.05) is 42.3 Å². The topological polar surface area (TPSA) is 132 Å². The highest BCUT2D eigenvalue weighted by Crippen LogP contribution is 2.23. The predicted octanol–water partition coefficient (Wildman–Crippen LogP) is 6.11. The summed E-state index contributed by atoms with van der Waals surface area (Å²) >= 11 is 5.94. The van der Waals surface area contributed by atoms with Crippen molar-refractivity contribution < 1.29 is 33.4 Å². The van der Waals surface area contributed by atoms with Crippen LogP contribution in [0.2, 0.25) is 0 Å². The van der Waals surface area contributed by atoms with E-state index in [1.807, 2.05) is 60.6 Å². The first-order chi connectivity index (χ1) is 21.0. The molecule has 4 atom stereocenters. The summed E-state index contributed by atoms with van der Waals surface area (Å²) in [4.78, 5) is 49.6. The fourth-order valence-corrected chi connectivity index (χ4v) is 4.27. The Morgan fingerprint density at radius 1 is 1.09 bits per heavy atom. The number of carbonyl (C=O) groups excluding carboxylic acids is 4. The number of carbonyl (C=O) groups is 4. The first kappa shape index (κ1) is 39.2. The van der Waals surface area contributed by atoms with Crippen molar-refractivity contribution in [2.75, 3.05) is 7.11 Å². The molecule has 10 nitrogen and oxygen atoms in total. The zero-order chi connectivity index (χ0) is 34.2. The third-order valence-electron chi connectivity index (χ3n) is 6.54. The molecule has 0 aromatic carbocycles. The molecule has 1 aliphatic rings. The molecule has 0 radical (unpaired) electrons. The lowest BCUT2D eigenvalue weighted by atomic mass is 9.86. The number of cyclic esters (lactones) is 1. The number of methoxy groups -OCH3 is 1. The molecule has 0 bridgehead atoms. The van der Waals surface area contributed by atoms with E-state index in [1.54, 1.807) is 37.3 Å². The van der Waals surface area contributed by atoms with Gasteiger partial charge in [-0.25, -0.2) is 9.59 Å². The smallest absolute Gasteiger partial charge is 0.407 e. The summed E-state index contributed by atoms with van der Waals surface area (Å²) in [7, 11) is 1.44. The first-order valence-electron chi connectivity index (χ1n) is 15.1. The number of amides is 3. The Bertz CT molecular complexity index is 1200. The number of esters is 1. The second kappa shape index (κ2) is 19.6. The van der Waals surface area contributed by atoms with Gasteiger partial charge in [-0.15, -0.1) is 0 Å². The van der Waals surface area contributed by atoms with Crippen LogP contribution in [0, 0.1) is 11.3 Å². The van der Waals surface area contributed by atoms with E-state index in [0.717, 1.165) is 5.57 Å². The molecule has 250 valence electrons. The maximum atomic E-state index is 13.0. The Labute approximate surface area is 273 Å². The van der Waals surface area contributed by atoms with Gasteiger partial charge in [0.2, 0.25) is 11.8 Å². The van der Waals surface area contributed by atoms with E-state index in [4.69, 9.17) is 25.8 Å². The number of rotatable bonds is 15. The molecule has 0 fully saturated rings. The third kappa shape index (κ3) is 16.2. The molecule has 0 aliphatic carbocycles. The van der Waals surface area contributed by atoms with Gasteiger partial charge >= 0.3 is 12.1 Å². The van der Waals surface area contributed by atoms with Gasteiger partial charge in [0.25, 0.3) is 0 Å². The fraction of sp³-hybridized carbons (Fsp3) is 0.529. The number of nitrogens with one attached hydrogen (secondary N) is 3. The van der Waals surface area contributed by atoms with Gasteiger partial charge in [-0.05, 0) is 45.4 Å². The van der Waals surface area contributed by atoms with E-state index in [1.165, 1.54) is 19.4 Å². The monoisotopic (exact) mass is 647 g/mol. The van der Waals surface area contributed by atoms with E-state index in [-0.39, 0.29) is 29.7 Å². The summed E-state index contributed by atoms with van der Waals surface area (Å²) in [5.41, 5.74) is 0.364. The van der Waals surface area contributed by atoms with Crippen LogP contribution in [0.3, 0.4) is 0 Å². The summed E-state index contributed by atoms with van der Waals surface area (Å²) in [6, 6.07) is -0.884. The lowest BCUT2D eigenvalue weighted by Crippen LogP contribution is -2.52.